The van der Waals surface area contributed by atoms with Crippen LogP contribution in [-0.2, 0) is 4.79 Å². The number of nitrogens with one attached hydrogen (secondary N) is 1. The second-order valence-corrected chi connectivity index (χ2v) is 6.06. The van der Waals surface area contributed by atoms with E-state index in [4.69, 9.17) is 0 Å². The number of nitrogens with zero attached hydrogens (tertiary/aromatic N) is 2. The minimum atomic E-state index is -0.0576. The average Bonchev–Trinajstić information content (AvgIpc) is 2.82. The van der Waals surface area contributed by atoms with Crippen LogP contribution in [0.15, 0.2) is 24.3 Å². The largest absolute Gasteiger partial charge is 0.331 e. The molecular formula is C16H21N3O2. The van der Waals surface area contributed by atoms with Crippen molar-refractivity contribution in [2.24, 2.45) is 5.92 Å². The SMILES string of the molecule is CN(C)C(=O)N1CCC(C2C(=O)Nc3ccccc32)CC1. The van der Waals surface area contributed by atoms with Gasteiger partial charge >= 0.3 is 6.03 Å². The number of amides is 3. The third-order valence-corrected chi connectivity index (χ3v) is 4.50. The molecule has 0 aromatic heterocycles. The number of piperidine rings is 1. The van der Waals surface area contributed by atoms with Gasteiger partial charge in [-0.05, 0) is 30.4 Å². The highest BCUT2D eigenvalue weighted by Gasteiger charge is 2.38. The van der Waals surface area contributed by atoms with Crippen LogP contribution in [0.2, 0.25) is 0 Å². The zero-order chi connectivity index (χ0) is 15.0. The third kappa shape index (κ3) is 2.48. The summed E-state index contributed by atoms with van der Waals surface area (Å²) >= 11 is 0. The van der Waals surface area contributed by atoms with Gasteiger partial charge in [-0.3, -0.25) is 4.79 Å². The highest BCUT2D eigenvalue weighted by molar-refractivity contribution is 6.03. The summed E-state index contributed by atoms with van der Waals surface area (Å²) in [5.74, 6) is 0.367. The molecule has 2 heterocycles. The van der Waals surface area contributed by atoms with Crippen LogP contribution in [0.4, 0.5) is 10.5 Å². The second kappa shape index (κ2) is 5.39. The zero-order valence-corrected chi connectivity index (χ0v) is 12.5. The number of para-hydroxylation sites is 1. The average molecular weight is 287 g/mol. The number of fused-ring (bicyclic) bond motifs is 1. The van der Waals surface area contributed by atoms with Crippen LogP contribution in [0, 0.1) is 5.92 Å². The molecule has 21 heavy (non-hydrogen) atoms. The van der Waals surface area contributed by atoms with Gasteiger partial charge in [0.15, 0.2) is 0 Å². The van der Waals surface area contributed by atoms with Crippen molar-refractivity contribution in [2.75, 3.05) is 32.5 Å². The van der Waals surface area contributed by atoms with Gasteiger partial charge in [0.05, 0.1) is 5.92 Å². The summed E-state index contributed by atoms with van der Waals surface area (Å²) in [7, 11) is 3.55. The summed E-state index contributed by atoms with van der Waals surface area (Å²) in [6, 6.07) is 7.98. The lowest BCUT2D eigenvalue weighted by atomic mass is 9.81. The number of carbonyl (C=O) groups excluding carboxylic acids is 2. The Hall–Kier alpha value is -2.04. The molecule has 1 unspecified atom stereocenters. The number of hydrogen-bond acceptors (Lipinski definition) is 2. The number of carbonyl (C=O) groups is 2. The summed E-state index contributed by atoms with van der Waals surface area (Å²) in [6.45, 7) is 1.46. The first kappa shape index (κ1) is 13.9. The topological polar surface area (TPSA) is 52.7 Å². The predicted octanol–water partition coefficient (Wildman–Crippen LogP) is 2.12. The normalized spacial score (nSPS) is 21.9. The molecule has 0 bridgehead atoms. The Labute approximate surface area is 124 Å². The molecule has 1 atom stereocenters. The molecule has 2 aliphatic heterocycles. The molecule has 112 valence electrons. The Balaban J connectivity index is 1.70. The smallest absolute Gasteiger partial charge is 0.319 e. The molecule has 0 aliphatic carbocycles. The van der Waals surface area contributed by atoms with Crippen molar-refractivity contribution in [1.82, 2.24) is 9.80 Å². The molecular weight excluding hydrogens is 266 g/mol. The summed E-state index contributed by atoms with van der Waals surface area (Å²) in [5, 5.41) is 2.97. The molecule has 3 rings (SSSR count). The second-order valence-electron chi connectivity index (χ2n) is 6.06. The standard InChI is InChI=1S/C16H21N3O2/c1-18(2)16(21)19-9-7-11(8-10-19)14-12-5-3-4-6-13(12)17-15(14)20/h3-6,11,14H,7-10H2,1-2H3,(H,17,20). The lowest BCUT2D eigenvalue weighted by Gasteiger charge is -2.35. The Bertz CT molecular complexity index is 562. The van der Waals surface area contributed by atoms with E-state index in [1.54, 1.807) is 19.0 Å². The molecule has 1 saturated heterocycles. The van der Waals surface area contributed by atoms with Crippen molar-refractivity contribution in [3.05, 3.63) is 29.8 Å². The highest BCUT2D eigenvalue weighted by Crippen LogP contribution is 2.41. The van der Waals surface area contributed by atoms with Crippen LogP contribution in [0.3, 0.4) is 0 Å². The molecule has 1 aromatic carbocycles. The number of rotatable bonds is 1. The van der Waals surface area contributed by atoms with Crippen molar-refractivity contribution in [3.63, 3.8) is 0 Å². The van der Waals surface area contributed by atoms with Gasteiger partial charge in [0, 0.05) is 32.9 Å². The van der Waals surface area contributed by atoms with Crippen LogP contribution in [-0.4, -0.2) is 48.9 Å². The first-order valence-corrected chi connectivity index (χ1v) is 7.44. The Kier molecular flexibility index (Phi) is 3.57. The quantitative estimate of drug-likeness (QED) is 0.860. The van der Waals surface area contributed by atoms with Gasteiger partial charge in [-0.2, -0.15) is 0 Å². The molecule has 1 aromatic rings. The Morgan fingerprint density at radius 1 is 1.24 bits per heavy atom. The summed E-state index contributed by atoms with van der Waals surface area (Å²) in [5.41, 5.74) is 2.05. The van der Waals surface area contributed by atoms with Crippen LogP contribution in [0.25, 0.3) is 0 Å². The maximum Gasteiger partial charge on any atom is 0.319 e. The first-order chi connectivity index (χ1) is 10.1. The van der Waals surface area contributed by atoms with Crippen LogP contribution in [0.5, 0.6) is 0 Å². The van der Waals surface area contributed by atoms with Gasteiger partial charge in [-0.25, -0.2) is 4.79 Å². The van der Waals surface area contributed by atoms with E-state index < -0.39 is 0 Å². The maximum absolute atomic E-state index is 12.3. The minimum absolute atomic E-state index is 0.0576. The molecule has 5 nitrogen and oxygen atoms in total. The fourth-order valence-electron chi connectivity index (χ4n) is 3.41. The summed E-state index contributed by atoms with van der Waals surface area (Å²) in [6.07, 6.45) is 1.76. The molecule has 2 aliphatic rings. The van der Waals surface area contributed by atoms with Crippen LogP contribution in [0.1, 0.15) is 24.3 Å². The van der Waals surface area contributed by atoms with E-state index in [9.17, 15) is 9.59 Å². The van der Waals surface area contributed by atoms with Gasteiger partial charge in [0.1, 0.15) is 0 Å². The van der Waals surface area contributed by atoms with E-state index in [0.717, 1.165) is 37.2 Å². The van der Waals surface area contributed by atoms with E-state index >= 15 is 0 Å². The fraction of sp³-hybridized carbons (Fsp3) is 0.500. The van der Waals surface area contributed by atoms with E-state index in [1.165, 1.54) is 0 Å². The van der Waals surface area contributed by atoms with E-state index in [-0.39, 0.29) is 17.9 Å². The van der Waals surface area contributed by atoms with Crippen molar-refractivity contribution in [3.8, 4) is 0 Å². The maximum atomic E-state index is 12.3. The molecule has 0 radical (unpaired) electrons. The van der Waals surface area contributed by atoms with E-state index in [2.05, 4.69) is 5.32 Å². The minimum Gasteiger partial charge on any atom is -0.331 e. The van der Waals surface area contributed by atoms with Gasteiger partial charge < -0.3 is 15.1 Å². The first-order valence-electron chi connectivity index (χ1n) is 7.44. The summed E-state index contributed by atoms with van der Waals surface area (Å²) < 4.78 is 0. The number of benzene rings is 1. The molecule has 1 N–H and O–H groups in total. The highest BCUT2D eigenvalue weighted by atomic mass is 16.2. The molecule has 5 heteroatoms. The number of likely N-dealkylation sites (tertiary alicyclic amines) is 1. The van der Waals surface area contributed by atoms with Gasteiger partial charge in [0.25, 0.3) is 0 Å². The van der Waals surface area contributed by atoms with Crippen molar-refractivity contribution in [1.29, 1.82) is 0 Å². The van der Waals surface area contributed by atoms with E-state index in [0.29, 0.717) is 5.92 Å². The van der Waals surface area contributed by atoms with Crippen LogP contribution >= 0.6 is 0 Å². The number of hydrogen-bond donors (Lipinski definition) is 1. The molecule has 0 spiro atoms. The molecule has 3 amide bonds. The monoisotopic (exact) mass is 287 g/mol. The fourth-order valence-corrected chi connectivity index (χ4v) is 3.41. The predicted molar refractivity (Wildman–Crippen MR) is 81.2 cm³/mol. The Morgan fingerprint density at radius 2 is 1.90 bits per heavy atom. The lowest BCUT2D eigenvalue weighted by Crippen LogP contribution is -2.45. The zero-order valence-electron chi connectivity index (χ0n) is 12.5. The van der Waals surface area contributed by atoms with Gasteiger partial charge in [-0.1, -0.05) is 18.2 Å². The van der Waals surface area contributed by atoms with Crippen molar-refractivity contribution < 1.29 is 9.59 Å². The van der Waals surface area contributed by atoms with Crippen molar-refractivity contribution in [2.45, 2.75) is 18.8 Å². The number of urea groups is 1. The van der Waals surface area contributed by atoms with Gasteiger partial charge in [-0.15, -0.1) is 0 Å². The number of anilines is 1. The van der Waals surface area contributed by atoms with Crippen LogP contribution < -0.4 is 5.32 Å². The lowest BCUT2D eigenvalue weighted by molar-refractivity contribution is -0.118. The van der Waals surface area contributed by atoms with Crippen molar-refractivity contribution >= 4 is 17.6 Å². The molecule has 1 fully saturated rings. The third-order valence-electron chi connectivity index (χ3n) is 4.50. The molecule has 0 saturated carbocycles. The van der Waals surface area contributed by atoms with Gasteiger partial charge in [0.2, 0.25) is 5.91 Å². The van der Waals surface area contributed by atoms with E-state index in [1.807, 2.05) is 29.2 Å². The Morgan fingerprint density at radius 3 is 2.57 bits per heavy atom. The summed E-state index contributed by atoms with van der Waals surface area (Å²) in [4.78, 5) is 27.7.